The van der Waals surface area contributed by atoms with E-state index in [1.807, 2.05) is 0 Å². The molecule has 10 heteroatoms. The van der Waals surface area contributed by atoms with Crippen LogP contribution in [-0.2, 0) is 26.6 Å². The molecule has 0 unspecified atom stereocenters. The van der Waals surface area contributed by atoms with Gasteiger partial charge in [-0.1, -0.05) is 30.3 Å². The third kappa shape index (κ3) is 4.34. The lowest BCUT2D eigenvalue weighted by Gasteiger charge is -2.05. The van der Waals surface area contributed by atoms with E-state index < -0.39 is 20.0 Å². The van der Waals surface area contributed by atoms with Crippen molar-refractivity contribution < 1.29 is 16.8 Å². The highest BCUT2D eigenvalue weighted by Crippen LogP contribution is 2.27. The highest BCUT2D eigenvalue weighted by molar-refractivity contribution is 7.91. The Bertz CT molecular complexity index is 1110. The van der Waals surface area contributed by atoms with Crippen molar-refractivity contribution in [3.63, 3.8) is 0 Å². The number of nitrogens with one attached hydrogen (secondary N) is 1. The number of hydrogen-bond acceptors (Lipinski definition) is 6. The Kier molecular flexibility index (Phi) is 5.21. The SMILES string of the molecule is NS(=O)(=O)NCc1csc(-c2ccc(S(=O)(=O)c3ccccc3)cc2)n1. The first-order valence-corrected chi connectivity index (χ1v) is 11.3. The molecule has 1 heterocycles. The molecule has 0 atom stereocenters. The molecule has 0 saturated heterocycles. The highest BCUT2D eigenvalue weighted by atomic mass is 32.2. The molecule has 2 aromatic carbocycles. The van der Waals surface area contributed by atoms with Crippen molar-refractivity contribution in [2.75, 3.05) is 0 Å². The minimum Gasteiger partial charge on any atom is -0.240 e. The van der Waals surface area contributed by atoms with E-state index in [0.717, 1.165) is 5.56 Å². The lowest BCUT2D eigenvalue weighted by Crippen LogP contribution is -2.30. The van der Waals surface area contributed by atoms with Gasteiger partial charge in [0, 0.05) is 10.9 Å². The van der Waals surface area contributed by atoms with Crippen molar-refractivity contribution >= 4 is 31.4 Å². The quantitative estimate of drug-likeness (QED) is 0.645. The van der Waals surface area contributed by atoms with Gasteiger partial charge in [0.25, 0.3) is 10.2 Å². The van der Waals surface area contributed by atoms with E-state index in [-0.39, 0.29) is 16.3 Å². The third-order valence-corrected chi connectivity index (χ3v) is 6.74. The molecule has 1 aromatic heterocycles. The Hall–Kier alpha value is -2.11. The number of nitrogens with zero attached hydrogens (tertiary/aromatic N) is 1. The number of rotatable bonds is 6. The number of aromatic nitrogens is 1. The van der Waals surface area contributed by atoms with Crippen molar-refractivity contribution in [3.8, 4) is 10.6 Å². The molecule has 0 radical (unpaired) electrons. The highest BCUT2D eigenvalue weighted by Gasteiger charge is 2.17. The average Bonchev–Trinajstić information content (AvgIpc) is 3.09. The topological polar surface area (TPSA) is 119 Å². The zero-order valence-corrected chi connectivity index (χ0v) is 15.8. The van der Waals surface area contributed by atoms with Gasteiger partial charge in [0.05, 0.1) is 22.0 Å². The predicted octanol–water partition coefficient (Wildman–Crippen LogP) is 1.94. The summed E-state index contributed by atoms with van der Waals surface area (Å²) in [4.78, 5) is 4.75. The molecular weight excluding hydrogens is 394 g/mol. The zero-order valence-electron chi connectivity index (χ0n) is 13.4. The summed E-state index contributed by atoms with van der Waals surface area (Å²) in [7, 11) is -7.34. The fourth-order valence-corrected chi connectivity index (χ4v) is 4.66. The van der Waals surface area contributed by atoms with Crippen LogP contribution in [0.5, 0.6) is 0 Å². The smallest absolute Gasteiger partial charge is 0.240 e. The van der Waals surface area contributed by atoms with Crippen LogP contribution in [0.4, 0.5) is 0 Å². The maximum absolute atomic E-state index is 12.6. The van der Waals surface area contributed by atoms with E-state index >= 15 is 0 Å². The van der Waals surface area contributed by atoms with Crippen LogP contribution in [0.25, 0.3) is 10.6 Å². The molecule has 0 amide bonds. The van der Waals surface area contributed by atoms with Gasteiger partial charge < -0.3 is 0 Å². The van der Waals surface area contributed by atoms with Gasteiger partial charge in [-0.05, 0) is 24.3 Å². The molecule has 0 fully saturated rings. The summed E-state index contributed by atoms with van der Waals surface area (Å²) in [5.74, 6) is 0. The lowest BCUT2D eigenvalue weighted by molar-refractivity contribution is 0.582. The zero-order chi connectivity index (χ0) is 18.8. The lowest BCUT2D eigenvalue weighted by atomic mass is 10.2. The molecule has 0 saturated carbocycles. The van der Waals surface area contributed by atoms with Gasteiger partial charge in [-0.2, -0.15) is 13.1 Å². The first-order valence-electron chi connectivity index (χ1n) is 7.38. The van der Waals surface area contributed by atoms with Gasteiger partial charge >= 0.3 is 0 Å². The standard InChI is InChI=1S/C16H15N3O4S3/c17-26(22,23)18-10-13-11-24-16(19-13)12-6-8-15(9-7-12)25(20,21)14-4-2-1-3-5-14/h1-9,11,18H,10H2,(H2,17,22,23). The fourth-order valence-electron chi connectivity index (χ4n) is 2.21. The van der Waals surface area contributed by atoms with E-state index in [2.05, 4.69) is 9.71 Å². The first-order chi connectivity index (χ1) is 12.3. The largest absolute Gasteiger partial charge is 0.274 e. The molecule has 0 spiro atoms. The van der Waals surface area contributed by atoms with Crippen molar-refractivity contribution in [2.45, 2.75) is 16.3 Å². The van der Waals surface area contributed by atoms with Crippen LogP contribution in [0.3, 0.4) is 0 Å². The Morgan fingerprint density at radius 2 is 1.54 bits per heavy atom. The van der Waals surface area contributed by atoms with Crippen molar-refractivity contribution in [1.82, 2.24) is 9.71 Å². The minimum atomic E-state index is -3.78. The molecule has 26 heavy (non-hydrogen) atoms. The fraction of sp³-hybridized carbons (Fsp3) is 0.0625. The summed E-state index contributed by atoms with van der Waals surface area (Å²) in [6, 6.07) is 14.6. The van der Waals surface area contributed by atoms with Crippen LogP contribution in [0.15, 0.2) is 69.8 Å². The summed E-state index contributed by atoms with van der Waals surface area (Å²) in [5, 5.41) is 7.25. The molecule has 3 aromatic rings. The molecule has 7 nitrogen and oxygen atoms in total. The Morgan fingerprint density at radius 1 is 0.923 bits per heavy atom. The second-order valence-corrected chi connectivity index (χ2v) is 9.54. The van der Waals surface area contributed by atoms with E-state index in [1.54, 1.807) is 47.8 Å². The number of nitrogens with two attached hydrogens (primary N) is 1. The Morgan fingerprint density at radius 3 is 2.15 bits per heavy atom. The maximum Gasteiger partial charge on any atom is 0.274 e. The molecule has 136 valence electrons. The molecule has 0 aliphatic carbocycles. The Balaban J connectivity index is 1.81. The molecule has 0 aliphatic rings. The van der Waals surface area contributed by atoms with Crippen LogP contribution >= 0.6 is 11.3 Å². The maximum atomic E-state index is 12.6. The molecular formula is C16H15N3O4S3. The molecule has 0 aliphatic heterocycles. The van der Waals surface area contributed by atoms with Gasteiger partial charge in [-0.25, -0.2) is 18.5 Å². The van der Waals surface area contributed by atoms with E-state index in [0.29, 0.717) is 10.7 Å². The van der Waals surface area contributed by atoms with Gasteiger partial charge in [0.1, 0.15) is 5.01 Å². The van der Waals surface area contributed by atoms with Crippen LogP contribution in [0.2, 0.25) is 0 Å². The van der Waals surface area contributed by atoms with E-state index in [1.165, 1.54) is 23.5 Å². The normalized spacial score (nSPS) is 12.2. The van der Waals surface area contributed by atoms with Crippen LogP contribution < -0.4 is 9.86 Å². The number of hydrogen-bond donors (Lipinski definition) is 2. The summed E-state index contributed by atoms with van der Waals surface area (Å²) >= 11 is 1.33. The van der Waals surface area contributed by atoms with Crippen molar-refractivity contribution in [1.29, 1.82) is 0 Å². The number of benzene rings is 2. The van der Waals surface area contributed by atoms with E-state index in [9.17, 15) is 16.8 Å². The average molecular weight is 410 g/mol. The molecule has 3 N–H and O–H groups in total. The summed E-state index contributed by atoms with van der Waals surface area (Å²) < 4.78 is 49.1. The number of sulfone groups is 1. The van der Waals surface area contributed by atoms with Crippen LogP contribution in [0.1, 0.15) is 5.69 Å². The van der Waals surface area contributed by atoms with Gasteiger partial charge in [0.15, 0.2) is 0 Å². The predicted molar refractivity (Wildman–Crippen MR) is 99.4 cm³/mol. The first kappa shape index (κ1) is 18.7. The molecule has 3 rings (SSSR count). The Labute approximate surface area is 155 Å². The summed E-state index contributed by atoms with van der Waals surface area (Å²) in [5.41, 5.74) is 1.27. The van der Waals surface area contributed by atoms with Crippen molar-refractivity contribution in [3.05, 3.63) is 65.7 Å². The second kappa shape index (κ2) is 7.25. The summed E-state index contributed by atoms with van der Waals surface area (Å²) in [6.45, 7) is -0.00416. The third-order valence-electron chi connectivity index (χ3n) is 3.47. The van der Waals surface area contributed by atoms with Gasteiger partial charge in [-0.3, -0.25) is 0 Å². The van der Waals surface area contributed by atoms with Crippen LogP contribution in [-0.4, -0.2) is 21.8 Å². The molecule has 0 bridgehead atoms. The monoisotopic (exact) mass is 409 g/mol. The number of thiazole rings is 1. The van der Waals surface area contributed by atoms with Gasteiger partial charge in [-0.15, -0.1) is 11.3 Å². The van der Waals surface area contributed by atoms with Gasteiger partial charge in [0.2, 0.25) is 9.84 Å². The van der Waals surface area contributed by atoms with E-state index in [4.69, 9.17) is 5.14 Å². The minimum absolute atomic E-state index is 0.00416. The summed E-state index contributed by atoms with van der Waals surface area (Å²) in [6.07, 6.45) is 0. The second-order valence-electron chi connectivity index (χ2n) is 5.35. The van der Waals surface area contributed by atoms with Crippen molar-refractivity contribution in [2.24, 2.45) is 5.14 Å². The van der Waals surface area contributed by atoms with Crippen LogP contribution in [0, 0.1) is 0 Å².